The smallest absolute Gasteiger partial charge is 0.0194 e. The van der Waals surface area contributed by atoms with Crippen molar-refractivity contribution in [2.75, 3.05) is 0 Å². The van der Waals surface area contributed by atoms with Gasteiger partial charge in [0.15, 0.2) is 0 Å². The van der Waals surface area contributed by atoms with Crippen LogP contribution in [0, 0.1) is 29.6 Å². The van der Waals surface area contributed by atoms with Crippen LogP contribution in [0.1, 0.15) is 45.4 Å². The summed E-state index contributed by atoms with van der Waals surface area (Å²) in [6.45, 7) is 2.51. The molecule has 0 heteroatoms. The summed E-state index contributed by atoms with van der Waals surface area (Å²) in [6, 6.07) is 0. The molecule has 3 aliphatic carbocycles. The van der Waals surface area contributed by atoms with Gasteiger partial charge in [0.05, 0.1) is 0 Å². The van der Waals surface area contributed by atoms with Gasteiger partial charge in [0, 0.05) is 0 Å². The van der Waals surface area contributed by atoms with E-state index in [-0.39, 0.29) is 0 Å². The van der Waals surface area contributed by atoms with E-state index in [0.29, 0.717) is 0 Å². The van der Waals surface area contributed by atoms with E-state index in [1.165, 1.54) is 38.5 Å². The van der Waals surface area contributed by atoms with Crippen LogP contribution in [0.15, 0.2) is 12.2 Å². The molecule has 0 aromatic carbocycles. The first kappa shape index (κ1) is 9.00. The highest BCUT2D eigenvalue weighted by atomic mass is 14.5. The molecular formula is C14H22. The molecule has 0 aromatic rings. The molecule has 5 unspecified atom stereocenters. The molecule has 78 valence electrons. The Balaban J connectivity index is 1.84. The van der Waals surface area contributed by atoms with Crippen molar-refractivity contribution in [1.82, 2.24) is 0 Å². The molecule has 0 N–H and O–H groups in total. The highest BCUT2D eigenvalue weighted by Gasteiger charge is 2.46. The number of rotatable bonds is 0. The lowest BCUT2D eigenvalue weighted by Crippen LogP contribution is -2.27. The van der Waals surface area contributed by atoms with Crippen molar-refractivity contribution in [3.8, 4) is 0 Å². The first-order chi connectivity index (χ1) is 6.86. The van der Waals surface area contributed by atoms with E-state index in [0.717, 1.165) is 29.6 Å². The molecule has 2 bridgehead atoms. The van der Waals surface area contributed by atoms with E-state index in [2.05, 4.69) is 19.1 Å². The number of hydrogen-bond donors (Lipinski definition) is 0. The number of fused-ring (bicyclic) bond motifs is 5. The molecular weight excluding hydrogens is 168 g/mol. The van der Waals surface area contributed by atoms with Crippen LogP contribution in [0.5, 0.6) is 0 Å². The van der Waals surface area contributed by atoms with Crippen LogP contribution in [0.2, 0.25) is 0 Å². The number of hydrogen-bond acceptors (Lipinski definition) is 0. The molecule has 0 heterocycles. The summed E-state index contributed by atoms with van der Waals surface area (Å²) in [4.78, 5) is 0. The maximum absolute atomic E-state index is 2.53. The summed E-state index contributed by atoms with van der Waals surface area (Å²) >= 11 is 0. The number of allylic oxidation sites excluding steroid dienone is 2. The zero-order valence-corrected chi connectivity index (χ0v) is 9.28. The molecule has 3 aliphatic rings. The van der Waals surface area contributed by atoms with E-state index < -0.39 is 0 Å². The third-order valence-corrected chi connectivity index (χ3v) is 5.04. The average Bonchev–Trinajstić information content (AvgIpc) is 2.72. The fourth-order valence-corrected chi connectivity index (χ4v) is 4.43. The monoisotopic (exact) mass is 190 g/mol. The van der Waals surface area contributed by atoms with Crippen molar-refractivity contribution in [3.63, 3.8) is 0 Å². The molecule has 3 rings (SSSR count). The van der Waals surface area contributed by atoms with E-state index >= 15 is 0 Å². The molecule has 0 amide bonds. The second-order valence-electron chi connectivity index (χ2n) is 5.80. The van der Waals surface area contributed by atoms with Gasteiger partial charge in [-0.1, -0.05) is 44.8 Å². The minimum atomic E-state index is 0.970. The van der Waals surface area contributed by atoms with Gasteiger partial charge in [-0.15, -0.1) is 0 Å². The maximum atomic E-state index is 2.53. The Morgan fingerprint density at radius 1 is 0.929 bits per heavy atom. The van der Waals surface area contributed by atoms with Crippen molar-refractivity contribution in [2.45, 2.75) is 45.4 Å². The van der Waals surface area contributed by atoms with Gasteiger partial charge in [-0.2, -0.15) is 0 Å². The lowest BCUT2D eigenvalue weighted by Gasteiger charge is -2.34. The fraction of sp³-hybridized carbons (Fsp3) is 0.857. The third-order valence-electron chi connectivity index (χ3n) is 5.04. The predicted molar refractivity (Wildman–Crippen MR) is 60.0 cm³/mol. The molecule has 2 saturated carbocycles. The van der Waals surface area contributed by atoms with E-state index in [1.807, 2.05) is 0 Å². The van der Waals surface area contributed by atoms with Crippen molar-refractivity contribution in [1.29, 1.82) is 0 Å². The lowest BCUT2D eigenvalue weighted by atomic mass is 9.70. The predicted octanol–water partition coefficient (Wildman–Crippen LogP) is 4.02. The summed E-state index contributed by atoms with van der Waals surface area (Å²) < 4.78 is 0. The van der Waals surface area contributed by atoms with E-state index in [4.69, 9.17) is 0 Å². The van der Waals surface area contributed by atoms with E-state index in [1.54, 1.807) is 0 Å². The van der Waals surface area contributed by atoms with Crippen LogP contribution >= 0.6 is 0 Å². The highest BCUT2D eigenvalue weighted by molar-refractivity contribution is 5.14. The Kier molecular flexibility index (Phi) is 2.18. The molecule has 14 heavy (non-hydrogen) atoms. The zero-order valence-electron chi connectivity index (χ0n) is 9.28. The second-order valence-corrected chi connectivity index (χ2v) is 5.80. The molecule has 0 spiro atoms. The largest absolute Gasteiger partial charge is 0.0848 e. The first-order valence-corrected chi connectivity index (χ1v) is 6.54. The van der Waals surface area contributed by atoms with Gasteiger partial charge in [-0.05, 0) is 42.4 Å². The van der Waals surface area contributed by atoms with Crippen LogP contribution in [0.4, 0.5) is 0 Å². The quantitative estimate of drug-likeness (QED) is 0.506. The fourth-order valence-electron chi connectivity index (χ4n) is 4.43. The Labute approximate surface area is 87.8 Å². The molecule has 0 nitrogen and oxygen atoms in total. The summed E-state index contributed by atoms with van der Waals surface area (Å²) in [5.41, 5.74) is 0. The van der Waals surface area contributed by atoms with Gasteiger partial charge in [-0.25, -0.2) is 0 Å². The topological polar surface area (TPSA) is 0 Å². The Morgan fingerprint density at radius 2 is 1.71 bits per heavy atom. The molecule has 2 fully saturated rings. The van der Waals surface area contributed by atoms with Gasteiger partial charge < -0.3 is 0 Å². The summed E-state index contributed by atoms with van der Waals surface area (Å²) in [5, 5.41) is 0. The third kappa shape index (κ3) is 1.26. The van der Waals surface area contributed by atoms with Gasteiger partial charge in [-0.3, -0.25) is 0 Å². The Hall–Kier alpha value is -0.260. The molecule has 0 aliphatic heterocycles. The van der Waals surface area contributed by atoms with Gasteiger partial charge in [0.1, 0.15) is 0 Å². The van der Waals surface area contributed by atoms with Gasteiger partial charge in [0.2, 0.25) is 0 Å². The van der Waals surface area contributed by atoms with Crippen LogP contribution in [-0.2, 0) is 0 Å². The van der Waals surface area contributed by atoms with Crippen LogP contribution in [0.3, 0.4) is 0 Å². The second kappa shape index (κ2) is 3.40. The normalized spacial score (nSPS) is 51.4. The SMILES string of the molecule is CC1CCCCCC2C3C=CC(C3)C12. The standard InChI is InChI=1S/C14H22/c1-10-5-3-2-4-6-13-11-7-8-12(9-11)14(10)13/h7-8,10-14H,2-6,9H2,1H3. The molecule has 5 atom stereocenters. The van der Waals surface area contributed by atoms with Crippen LogP contribution in [-0.4, -0.2) is 0 Å². The summed E-state index contributed by atoms with van der Waals surface area (Å²) in [5.74, 6) is 5.08. The minimum absolute atomic E-state index is 0.970. The summed E-state index contributed by atoms with van der Waals surface area (Å²) in [6.07, 6.45) is 14.1. The van der Waals surface area contributed by atoms with Crippen molar-refractivity contribution in [3.05, 3.63) is 12.2 Å². The first-order valence-electron chi connectivity index (χ1n) is 6.54. The van der Waals surface area contributed by atoms with Crippen LogP contribution < -0.4 is 0 Å². The van der Waals surface area contributed by atoms with Crippen molar-refractivity contribution < 1.29 is 0 Å². The Bertz CT molecular complexity index is 240. The summed E-state index contributed by atoms with van der Waals surface area (Å²) in [7, 11) is 0. The van der Waals surface area contributed by atoms with Crippen LogP contribution in [0.25, 0.3) is 0 Å². The molecule has 0 aromatic heterocycles. The lowest BCUT2D eigenvalue weighted by molar-refractivity contribution is 0.179. The maximum Gasteiger partial charge on any atom is -0.0194 e. The Morgan fingerprint density at radius 3 is 2.64 bits per heavy atom. The average molecular weight is 190 g/mol. The van der Waals surface area contributed by atoms with Crippen molar-refractivity contribution in [2.24, 2.45) is 29.6 Å². The van der Waals surface area contributed by atoms with Gasteiger partial charge >= 0.3 is 0 Å². The zero-order chi connectivity index (χ0) is 9.54. The minimum Gasteiger partial charge on any atom is -0.0848 e. The molecule has 0 radical (unpaired) electrons. The van der Waals surface area contributed by atoms with E-state index in [9.17, 15) is 0 Å². The van der Waals surface area contributed by atoms with Gasteiger partial charge in [0.25, 0.3) is 0 Å². The molecule has 0 saturated heterocycles. The van der Waals surface area contributed by atoms with Crippen molar-refractivity contribution >= 4 is 0 Å². The highest BCUT2D eigenvalue weighted by Crippen LogP contribution is 2.54.